The smallest absolute Gasteiger partial charge is 0.178 e. The Balaban J connectivity index is 1.87. The Bertz CT molecular complexity index is 1150. The number of phenolic OH excluding ortho intramolecular Hbond substituents is 1. The Morgan fingerprint density at radius 2 is 2.00 bits per heavy atom. The lowest BCUT2D eigenvalue weighted by Gasteiger charge is -2.24. The highest BCUT2D eigenvalue weighted by Crippen LogP contribution is 2.43. The number of aryl methyl sites for hydroxylation is 1. The second kappa shape index (κ2) is 6.39. The lowest BCUT2D eigenvalue weighted by atomic mass is 9.90. The Morgan fingerprint density at radius 3 is 2.78 bits per heavy atom. The van der Waals surface area contributed by atoms with E-state index in [9.17, 15) is 13.5 Å². The van der Waals surface area contributed by atoms with Gasteiger partial charge in [0.25, 0.3) is 0 Å². The average Bonchev–Trinajstić information content (AvgIpc) is 2.67. The molecule has 3 aromatic rings. The molecule has 0 radical (unpaired) electrons. The first-order valence-electron chi connectivity index (χ1n) is 8.79. The fourth-order valence-electron chi connectivity index (χ4n) is 3.44. The molecule has 1 aliphatic rings. The van der Waals surface area contributed by atoms with Gasteiger partial charge in [0.15, 0.2) is 9.84 Å². The number of fused-ring (bicyclic) bond motifs is 2. The van der Waals surface area contributed by atoms with Crippen LogP contribution in [0.1, 0.15) is 23.6 Å². The fourth-order valence-corrected chi connectivity index (χ4v) is 4.36. The van der Waals surface area contributed by atoms with E-state index in [0.29, 0.717) is 17.0 Å². The van der Waals surface area contributed by atoms with Gasteiger partial charge in [-0.25, -0.2) is 13.4 Å². The van der Waals surface area contributed by atoms with Crippen molar-refractivity contribution >= 4 is 21.3 Å². The number of benzene rings is 2. The van der Waals surface area contributed by atoms with Gasteiger partial charge in [0, 0.05) is 12.6 Å². The molecule has 0 amide bonds. The van der Waals surface area contributed by atoms with Crippen LogP contribution in [0.15, 0.2) is 53.6 Å². The van der Waals surface area contributed by atoms with Crippen molar-refractivity contribution in [3.8, 4) is 16.9 Å². The molecule has 0 spiro atoms. The van der Waals surface area contributed by atoms with Crippen LogP contribution >= 0.6 is 0 Å². The highest BCUT2D eigenvalue weighted by atomic mass is 32.2. The van der Waals surface area contributed by atoms with Gasteiger partial charge in [-0.05, 0) is 52.9 Å². The van der Waals surface area contributed by atoms with Gasteiger partial charge in [-0.2, -0.15) is 0 Å². The number of phenols is 1. The Kier molecular flexibility index (Phi) is 4.15. The van der Waals surface area contributed by atoms with E-state index in [0.717, 1.165) is 33.6 Å². The van der Waals surface area contributed by atoms with Crippen LogP contribution in [0.3, 0.4) is 0 Å². The summed E-state index contributed by atoms with van der Waals surface area (Å²) < 4.78 is 24.5. The molecule has 1 aliphatic heterocycles. The van der Waals surface area contributed by atoms with Crippen molar-refractivity contribution in [2.45, 2.75) is 25.2 Å². The van der Waals surface area contributed by atoms with Crippen LogP contribution in [-0.2, 0) is 16.3 Å². The number of nitrogens with one attached hydrogen (secondary N) is 1. The topological polar surface area (TPSA) is 79.3 Å². The number of rotatable bonds is 3. The van der Waals surface area contributed by atoms with Gasteiger partial charge in [0.1, 0.15) is 11.6 Å². The molecule has 0 unspecified atom stereocenters. The molecular weight excluding hydrogens is 360 g/mol. The van der Waals surface area contributed by atoms with Crippen molar-refractivity contribution < 1.29 is 13.5 Å². The Labute approximate surface area is 158 Å². The van der Waals surface area contributed by atoms with Gasteiger partial charge in [-0.3, -0.25) is 0 Å². The maximum atomic E-state index is 12.3. The van der Waals surface area contributed by atoms with Gasteiger partial charge in [0.2, 0.25) is 0 Å². The predicted octanol–water partition coefficient (Wildman–Crippen LogP) is 4.20. The molecule has 138 valence electrons. The first-order valence-corrected chi connectivity index (χ1v) is 10.4. The molecule has 0 saturated heterocycles. The minimum atomic E-state index is -3.29. The largest absolute Gasteiger partial charge is 0.506 e. The van der Waals surface area contributed by atoms with E-state index in [-0.39, 0.29) is 11.5 Å². The van der Waals surface area contributed by atoms with Gasteiger partial charge < -0.3 is 10.4 Å². The van der Waals surface area contributed by atoms with Crippen molar-refractivity contribution in [3.05, 3.63) is 65.4 Å². The molecule has 27 heavy (non-hydrogen) atoms. The zero-order valence-electron chi connectivity index (χ0n) is 15.2. The third kappa shape index (κ3) is 3.06. The highest BCUT2D eigenvalue weighted by Gasteiger charge is 2.23. The van der Waals surface area contributed by atoms with Crippen LogP contribution in [0.5, 0.6) is 5.75 Å². The predicted molar refractivity (Wildman–Crippen MR) is 106 cm³/mol. The van der Waals surface area contributed by atoms with Crippen LogP contribution < -0.4 is 5.32 Å². The molecule has 0 saturated carbocycles. The summed E-state index contributed by atoms with van der Waals surface area (Å²) >= 11 is 0. The monoisotopic (exact) mass is 380 g/mol. The van der Waals surface area contributed by atoms with E-state index in [1.54, 1.807) is 37.4 Å². The summed E-state index contributed by atoms with van der Waals surface area (Å²) in [4.78, 5) is 4.73. The lowest BCUT2D eigenvalue weighted by molar-refractivity contribution is 0.477. The van der Waals surface area contributed by atoms with Gasteiger partial charge in [-0.15, -0.1) is 0 Å². The van der Waals surface area contributed by atoms with Gasteiger partial charge >= 0.3 is 0 Å². The molecule has 6 heteroatoms. The first kappa shape index (κ1) is 17.5. The molecule has 0 atom stereocenters. The third-order valence-electron chi connectivity index (χ3n) is 4.89. The number of nitrogens with zero attached hydrogens (tertiary/aromatic N) is 1. The zero-order valence-corrected chi connectivity index (χ0v) is 16.0. The maximum absolute atomic E-state index is 12.3. The lowest BCUT2D eigenvalue weighted by Crippen LogP contribution is -2.10. The number of hydrogen-bond acceptors (Lipinski definition) is 5. The number of anilines is 2. The van der Waals surface area contributed by atoms with E-state index in [2.05, 4.69) is 16.4 Å². The molecule has 2 heterocycles. The molecule has 1 aromatic heterocycles. The van der Waals surface area contributed by atoms with E-state index in [1.165, 1.54) is 0 Å². The molecule has 0 fully saturated rings. The molecule has 4 rings (SSSR count). The maximum Gasteiger partial charge on any atom is 0.178 e. The summed E-state index contributed by atoms with van der Waals surface area (Å²) in [5.41, 5.74) is 5.38. The summed E-state index contributed by atoms with van der Waals surface area (Å²) in [5.74, 6) is 0.950. The van der Waals surface area contributed by atoms with E-state index < -0.39 is 9.84 Å². The molecule has 2 N–H and O–H groups in total. The Morgan fingerprint density at radius 1 is 1.19 bits per heavy atom. The normalized spacial score (nSPS) is 12.8. The van der Waals surface area contributed by atoms with Crippen molar-refractivity contribution in [2.24, 2.45) is 0 Å². The second-order valence-corrected chi connectivity index (χ2v) is 9.02. The van der Waals surface area contributed by atoms with Crippen LogP contribution in [0.4, 0.5) is 11.5 Å². The average molecular weight is 380 g/mol. The summed E-state index contributed by atoms with van der Waals surface area (Å²) in [7, 11) is -3.29. The molecule has 0 aliphatic carbocycles. The zero-order chi connectivity index (χ0) is 19.2. The molecule has 5 nitrogen and oxygen atoms in total. The van der Waals surface area contributed by atoms with Gasteiger partial charge in [0.05, 0.1) is 16.3 Å². The highest BCUT2D eigenvalue weighted by molar-refractivity contribution is 7.91. The minimum absolute atomic E-state index is 0.0595. The van der Waals surface area contributed by atoms with Crippen molar-refractivity contribution in [3.63, 3.8) is 0 Å². The number of pyridine rings is 1. The van der Waals surface area contributed by atoms with E-state index in [1.807, 2.05) is 19.1 Å². The SMILES string of the molecule is CCS(=O)(=O)c1cccc(-c2ccc(O)c3c2Cc2cc(C)cnc2N3)c1. The number of hydrogen-bond donors (Lipinski definition) is 2. The number of sulfone groups is 1. The summed E-state index contributed by atoms with van der Waals surface area (Å²) in [6.45, 7) is 3.63. The van der Waals surface area contributed by atoms with E-state index >= 15 is 0 Å². The fraction of sp³-hybridized carbons (Fsp3) is 0.190. The van der Waals surface area contributed by atoms with Crippen LogP contribution in [-0.4, -0.2) is 24.3 Å². The molecular formula is C21H20N2O3S. The number of aromatic hydroxyl groups is 1. The standard InChI is InChI=1S/C21H20N2O3S/c1-3-27(25,26)16-6-4-5-14(10-16)17-7-8-19(24)20-18(17)11-15-9-13(2)12-22-21(15)23-20/h4-10,12,24H,3,11H2,1-2H3,(H,22,23). The number of aromatic nitrogens is 1. The second-order valence-electron chi connectivity index (χ2n) is 6.74. The summed E-state index contributed by atoms with van der Waals surface area (Å²) in [6.07, 6.45) is 2.40. The molecule has 2 aromatic carbocycles. The summed E-state index contributed by atoms with van der Waals surface area (Å²) in [6, 6.07) is 12.5. The quantitative estimate of drug-likeness (QED) is 0.521. The van der Waals surface area contributed by atoms with Gasteiger partial charge in [-0.1, -0.05) is 31.2 Å². The van der Waals surface area contributed by atoms with Crippen LogP contribution in [0.2, 0.25) is 0 Å². The summed E-state index contributed by atoms with van der Waals surface area (Å²) in [5, 5.41) is 13.6. The third-order valence-corrected chi connectivity index (χ3v) is 6.62. The van der Waals surface area contributed by atoms with Crippen molar-refractivity contribution in [1.82, 2.24) is 4.98 Å². The first-order chi connectivity index (χ1) is 12.9. The minimum Gasteiger partial charge on any atom is -0.506 e. The molecule has 0 bridgehead atoms. The van der Waals surface area contributed by atoms with E-state index in [4.69, 9.17) is 0 Å². The van der Waals surface area contributed by atoms with Crippen molar-refractivity contribution in [1.29, 1.82) is 0 Å². The van der Waals surface area contributed by atoms with Crippen molar-refractivity contribution in [2.75, 3.05) is 11.1 Å². The van der Waals surface area contributed by atoms with Crippen LogP contribution in [0.25, 0.3) is 11.1 Å². The Hall–Kier alpha value is -2.86. The van der Waals surface area contributed by atoms with Crippen LogP contribution in [0, 0.1) is 6.92 Å².